The predicted molar refractivity (Wildman–Crippen MR) is 113 cm³/mol. The van der Waals surface area contributed by atoms with Crippen molar-refractivity contribution < 1.29 is 14.2 Å². The first kappa shape index (κ1) is 18.2. The second kappa shape index (κ2) is 6.90. The Kier molecular flexibility index (Phi) is 4.34. The van der Waals surface area contributed by atoms with Crippen LogP contribution >= 0.6 is 0 Å². The molecule has 29 heavy (non-hydrogen) atoms. The summed E-state index contributed by atoms with van der Waals surface area (Å²) in [5.41, 5.74) is 2.51. The van der Waals surface area contributed by atoms with Crippen LogP contribution in [0.25, 0.3) is 22.0 Å². The van der Waals surface area contributed by atoms with Crippen LogP contribution in [0.2, 0.25) is 0 Å². The molecule has 0 N–H and O–H groups in total. The van der Waals surface area contributed by atoms with E-state index in [0.29, 0.717) is 18.1 Å². The molecule has 1 aromatic heterocycles. The Morgan fingerprint density at radius 1 is 1.00 bits per heavy atom. The van der Waals surface area contributed by atoms with E-state index in [0.717, 1.165) is 27.0 Å². The van der Waals surface area contributed by atoms with Crippen LogP contribution in [0.5, 0.6) is 17.2 Å². The molecule has 0 spiro atoms. The van der Waals surface area contributed by atoms with E-state index in [1.165, 1.54) is 10.8 Å². The van der Waals surface area contributed by atoms with Crippen molar-refractivity contribution in [1.82, 2.24) is 9.19 Å². The molecule has 146 valence electrons. The van der Waals surface area contributed by atoms with E-state index in [4.69, 9.17) is 14.2 Å². The van der Waals surface area contributed by atoms with Gasteiger partial charge in [0.2, 0.25) is 0 Å². The Labute approximate surface area is 175 Å². The molecule has 0 radical (unpaired) electrons. The first-order chi connectivity index (χ1) is 14.0. The minimum absolute atomic E-state index is 0.0188. The molecule has 0 bridgehead atoms. The van der Waals surface area contributed by atoms with E-state index in [1.54, 1.807) is 7.11 Å². The Morgan fingerprint density at radius 3 is 2.66 bits per heavy atom. The molecule has 0 fully saturated rings. The van der Waals surface area contributed by atoms with E-state index in [-0.39, 0.29) is 14.7 Å². The van der Waals surface area contributed by atoms with Crippen molar-refractivity contribution in [2.75, 3.05) is 7.11 Å². The van der Waals surface area contributed by atoms with Crippen LogP contribution in [0, 0.1) is 0 Å². The maximum absolute atomic E-state index is 6.29. The fourth-order valence-electron chi connectivity index (χ4n) is 3.66. The number of hydrogen-bond donors (Lipinski definition) is 0. The van der Waals surface area contributed by atoms with E-state index < -0.39 is 5.60 Å². The molecule has 0 amide bonds. The number of ether oxygens (including phenoxy) is 3. The molecule has 1 aliphatic heterocycles. The summed E-state index contributed by atoms with van der Waals surface area (Å²) in [6.07, 6.45) is 0. The first-order valence-corrected chi connectivity index (χ1v) is 11.0. The third kappa shape index (κ3) is 3.18. The summed E-state index contributed by atoms with van der Waals surface area (Å²) < 4.78 is 23.4. The monoisotopic (exact) mass is 452 g/mol. The van der Waals surface area contributed by atoms with Crippen molar-refractivity contribution in [2.45, 2.75) is 26.1 Å². The third-order valence-corrected chi connectivity index (χ3v) is 7.29. The molecule has 6 heteroatoms. The fourth-order valence-corrected chi connectivity index (χ4v) is 5.13. The summed E-state index contributed by atoms with van der Waals surface area (Å²) >= 11 is -0.0188. The van der Waals surface area contributed by atoms with Gasteiger partial charge in [0.15, 0.2) is 0 Å². The van der Waals surface area contributed by atoms with Gasteiger partial charge in [-0.15, -0.1) is 0 Å². The van der Waals surface area contributed by atoms with Crippen LogP contribution in [-0.4, -0.2) is 31.0 Å². The average molecular weight is 451 g/mol. The number of fused-ring (bicyclic) bond motifs is 4. The Morgan fingerprint density at radius 2 is 1.83 bits per heavy atom. The third-order valence-electron chi connectivity index (χ3n) is 5.13. The van der Waals surface area contributed by atoms with Crippen molar-refractivity contribution in [1.29, 1.82) is 0 Å². The topological polar surface area (TPSA) is 53.5 Å². The number of hydrogen-bond acceptors (Lipinski definition) is 5. The van der Waals surface area contributed by atoms with Crippen LogP contribution in [-0.2, 0) is 12.2 Å². The molecular formula is C23H20N2O3Se. The first-order valence-electron chi connectivity index (χ1n) is 9.40. The molecule has 4 aromatic rings. The van der Waals surface area contributed by atoms with Crippen molar-refractivity contribution in [3.63, 3.8) is 0 Å². The van der Waals surface area contributed by atoms with Gasteiger partial charge in [0.25, 0.3) is 0 Å². The number of benzene rings is 3. The molecule has 0 atom stereocenters. The molecule has 0 unspecified atom stereocenters. The van der Waals surface area contributed by atoms with Crippen molar-refractivity contribution >= 4 is 25.5 Å². The van der Waals surface area contributed by atoms with Crippen LogP contribution < -0.4 is 14.2 Å². The average Bonchev–Trinajstić information content (AvgIpc) is 3.23. The van der Waals surface area contributed by atoms with Gasteiger partial charge in [0.1, 0.15) is 0 Å². The van der Waals surface area contributed by atoms with Crippen LogP contribution in [0.3, 0.4) is 0 Å². The zero-order valence-electron chi connectivity index (χ0n) is 16.4. The Bertz CT molecular complexity index is 1220. The van der Waals surface area contributed by atoms with Crippen LogP contribution in [0.1, 0.15) is 23.8 Å². The van der Waals surface area contributed by atoms with E-state index in [1.807, 2.05) is 24.3 Å². The standard InChI is InChI=1S/C23H20N2O3Se/c1-23(2)22-21(24-25-29-22)17-11-19(26-3)20(12-18(17)28-23)27-13-14-8-9-15-6-4-5-7-16(15)10-14/h4-12H,13H2,1-3H3. The Hall–Kier alpha value is -2.82. The number of nitrogens with zero attached hydrogens (tertiary/aromatic N) is 2. The van der Waals surface area contributed by atoms with Gasteiger partial charge >= 0.3 is 157 Å². The summed E-state index contributed by atoms with van der Waals surface area (Å²) in [6, 6.07) is 18.5. The molecular weight excluding hydrogens is 431 g/mol. The maximum atomic E-state index is 6.29. The number of methoxy groups -OCH3 is 1. The second-order valence-electron chi connectivity index (χ2n) is 7.53. The van der Waals surface area contributed by atoms with Gasteiger partial charge in [-0.2, -0.15) is 0 Å². The van der Waals surface area contributed by atoms with Crippen LogP contribution in [0.4, 0.5) is 0 Å². The molecule has 0 saturated heterocycles. The van der Waals surface area contributed by atoms with Gasteiger partial charge in [0.05, 0.1) is 0 Å². The molecule has 0 aliphatic carbocycles. The van der Waals surface area contributed by atoms with Gasteiger partial charge in [-0.1, -0.05) is 18.2 Å². The molecule has 2 heterocycles. The van der Waals surface area contributed by atoms with Crippen molar-refractivity contribution in [3.8, 4) is 28.5 Å². The number of aromatic nitrogens is 2. The molecule has 5 rings (SSSR count). The molecule has 0 saturated carbocycles. The summed E-state index contributed by atoms with van der Waals surface area (Å²) in [4.78, 5) is 0. The molecule has 3 aromatic carbocycles. The molecule has 5 nitrogen and oxygen atoms in total. The Balaban J connectivity index is 1.48. The van der Waals surface area contributed by atoms with Crippen molar-refractivity contribution in [3.05, 3.63) is 64.6 Å². The summed E-state index contributed by atoms with van der Waals surface area (Å²) in [6.45, 7) is 4.56. The zero-order valence-corrected chi connectivity index (χ0v) is 18.1. The zero-order chi connectivity index (χ0) is 20.0. The molecule has 1 aliphatic rings. The predicted octanol–water partition coefficient (Wildman–Crippen LogP) is 4.57. The van der Waals surface area contributed by atoms with Gasteiger partial charge < -0.3 is 0 Å². The van der Waals surface area contributed by atoms with Gasteiger partial charge in [-0.05, 0) is 0 Å². The quantitative estimate of drug-likeness (QED) is 0.426. The minimum atomic E-state index is -0.421. The van der Waals surface area contributed by atoms with E-state index in [2.05, 4.69) is 53.4 Å². The number of rotatable bonds is 4. The fraction of sp³-hybridized carbons (Fsp3) is 0.217. The van der Waals surface area contributed by atoms with E-state index >= 15 is 0 Å². The summed E-state index contributed by atoms with van der Waals surface area (Å²) in [5, 5.41) is 6.79. The van der Waals surface area contributed by atoms with Gasteiger partial charge in [0, 0.05) is 0 Å². The van der Waals surface area contributed by atoms with Crippen molar-refractivity contribution in [2.24, 2.45) is 0 Å². The van der Waals surface area contributed by atoms with E-state index in [9.17, 15) is 0 Å². The normalized spacial score (nSPS) is 14.0. The van der Waals surface area contributed by atoms with Gasteiger partial charge in [-0.25, -0.2) is 0 Å². The van der Waals surface area contributed by atoms with Gasteiger partial charge in [-0.3, -0.25) is 0 Å². The van der Waals surface area contributed by atoms with Crippen LogP contribution in [0.15, 0.2) is 54.6 Å². The SMILES string of the molecule is COc1cc2c(cc1OCc1ccc3ccccc3c1)OC(C)(C)c1[se]nnc1-2. The second-order valence-corrected chi connectivity index (χ2v) is 9.11. The summed E-state index contributed by atoms with van der Waals surface area (Å²) in [7, 11) is 1.65. The summed E-state index contributed by atoms with van der Waals surface area (Å²) in [5.74, 6) is 2.06.